The van der Waals surface area contributed by atoms with E-state index in [0.29, 0.717) is 29.0 Å². The van der Waals surface area contributed by atoms with Crippen LogP contribution in [0.5, 0.6) is 5.75 Å². The average molecular weight is 495 g/mol. The first-order valence-corrected chi connectivity index (χ1v) is 11.8. The lowest BCUT2D eigenvalue weighted by atomic mass is 9.99. The summed E-state index contributed by atoms with van der Waals surface area (Å²) in [5, 5.41) is 5.45. The minimum absolute atomic E-state index is 0.230. The topological polar surface area (TPSA) is 71.9 Å². The van der Waals surface area contributed by atoms with E-state index in [9.17, 15) is 8.42 Å². The maximum atomic E-state index is 12.5. The number of pyridine rings is 1. The summed E-state index contributed by atoms with van der Waals surface area (Å²) in [4.78, 5) is 4.48. The fourth-order valence-electron chi connectivity index (χ4n) is 3.41. The molecule has 2 aromatic carbocycles. The number of ether oxygens (including phenoxy) is 1. The third-order valence-electron chi connectivity index (χ3n) is 4.76. The Morgan fingerprint density at radius 2 is 1.93 bits per heavy atom. The Hall–Kier alpha value is -2.16. The van der Waals surface area contributed by atoms with Crippen molar-refractivity contribution in [2.75, 3.05) is 13.4 Å². The number of methoxy groups -OCH3 is 1. The molecule has 29 heavy (non-hydrogen) atoms. The molecule has 1 aliphatic heterocycles. The van der Waals surface area contributed by atoms with Gasteiger partial charge in [0.25, 0.3) is 0 Å². The SMILES string of the molecule is COc1cccc2cc(C3CC(c4ccc(Br)cc4)=NN3S(C)(=O)=O)c(Cl)nc12. The molecule has 0 amide bonds. The van der Waals surface area contributed by atoms with Gasteiger partial charge in [-0.2, -0.15) is 9.52 Å². The van der Waals surface area contributed by atoms with Crippen molar-refractivity contribution in [1.29, 1.82) is 0 Å². The van der Waals surface area contributed by atoms with Crippen LogP contribution in [0.2, 0.25) is 5.15 Å². The van der Waals surface area contributed by atoms with Gasteiger partial charge in [-0.05, 0) is 29.8 Å². The predicted octanol–water partition coefficient (Wildman–Crippen LogP) is 4.77. The zero-order valence-corrected chi connectivity index (χ0v) is 18.8. The molecule has 1 atom stereocenters. The van der Waals surface area contributed by atoms with Crippen molar-refractivity contribution in [3.05, 3.63) is 69.3 Å². The third kappa shape index (κ3) is 3.84. The molecule has 2 heterocycles. The molecular formula is C20H17BrClN3O3S. The van der Waals surface area contributed by atoms with Crippen LogP contribution in [0.15, 0.2) is 58.1 Å². The molecule has 0 saturated carbocycles. The fourth-order valence-corrected chi connectivity index (χ4v) is 4.83. The van der Waals surface area contributed by atoms with E-state index in [2.05, 4.69) is 26.0 Å². The van der Waals surface area contributed by atoms with Crippen LogP contribution >= 0.6 is 27.5 Å². The van der Waals surface area contributed by atoms with Gasteiger partial charge in [-0.15, -0.1) is 0 Å². The van der Waals surface area contributed by atoms with E-state index in [-0.39, 0.29) is 5.15 Å². The van der Waals surface area contributed by atoms with E-state index in [0.717, 1.165) is 26.1 Å². The van der Waals surface area contributed by atoms with Crippen molar-refractivity contribution in [1.82, 2.24) is 9.40 Å². The van der Waals surface area contributed by atoms with Gasteiger partial charge < -0.3 is 4.74 Å². The van der Waals surface area contributed by atoms with E-state index in [1.807, 2.05) is 42.5 Å². The first kappa shape index (κ1) is 20.1. The highest BCUT2D eigenvalue weighted by Gasteiger charge is 2.36. The van der Waals surface area contributed by atoms with Crippen molar-refractivity contribution in [3.63, 3.8) is 0 Å². The number of rotatable bonds is 4. The van der Waals surface area contributed by atoms with Gasteiger partial charge in [0.2, 0.25) is 10.0 Å². The predicted molar refractivity (Wildman–Crippen MR) is 118 cm³/mol. The number of para-hydroxylation sites is 1. The van der Waals surface area contributed by atoms with Crippen LogP contribution in [-0.4, -0.2) is 36.9 Å². The molecule has 3 aromatic rings. The van der Waals surface area contributed by atoms with Crippen LogP contribution in [0.1, 0.15) is 23.6 Å². The van der Waals surface area contributed by atoms with Crippen molar-refractivity contribution >= 4 is 54.2 Å². The second-order valence-electron chi connectivity index (χ2n) is 6.71. The normalized spacial score (nSPS) is 16.9. The van der Waals surface area contributed by atoms with Gasteiger partial charge in [-0.1, -0.05) is 51.8 Å². The molecule has 0 spiro atoms. The lowest BCUT2D eigenvalue weighted by Crippen LogP contribution is -2.26. The Morgan fingerprint density at radius 3 is 2.59 bits per heavy atom. The van der Waals surface area contributed by atoms with E-state index in [4.69, 9.17) is 16.3 Å². The van der Waals surface area contributed by atoms with Crippen LogP contribution < -0.4 is 4.74 Å². The minimum atomic E-state index is -3.61. The molecular weight excluding hydrogens is 478 g/mol. The van der Waals surface area contributed by atoms with Crippen LogP contribution in [0.4, 0.5) is 0 Å². The van der Waals surface area contributed by atoms with Gasteiger partial charge in [0, 0.05) is 21.8 Å². The standard InChI is InChI=1S/C20H17BrClN3O3S/c1-28-18-5-3-4-13-10-15(20(22)23-19(13)18)17-11-16(24-25(17)29(2,26)27)12-6-8-14(21)9-7-12/h3-10,17H,11H2,1-2H3. The summed E-state index contributed by atoms with van der Waals surface area (Å²) in [5.74, 6) is 0.606. The molecule has 6 nitrogen and oxygen atoms in total. The summed E-state index contributed by atoms with van der Waals surface area (Å²) in [6.45, 7) is 0. The number of hydrazone groups is 1. The summed E-state index contributed by atoms with van der Waals surface area (Å²) in [6, 6.07) is 14.4. The Kier molecular flexibility index (Phi) is 5.27. The third-order valence-corrected chi connectivity index (χ3v) is 6.61. The largest absolute Gasteiger partial charge is 0.494 e. The molecule has 1 unspecified atom stereocenters. The van der Waals surface area contributed by atoms with Crippen molar-refractivity contribution < 1.29 is 13.2 Å². The quantitative estimate of drug-likeness (QED) is 0.490. The number of hydrogen-bond acceptors (Lipinski definition) is 5. The maximum absolute atomic E-state index is 12.5. The van der Waals surface area contributed by atoms with Crippen LogP contribution in [0.25, 0.3) is 10.9 Å². The van der Waals surface area contributed by atoms with E-state index in [1.165, 1.54) is 0 Å². The van der Waals surface area contributed by atoms with Gasteiger partial charge >= 0.3 is 0 Å². The monoisotopic (exact) mass is 493 g/mol. The minimum Gasteiger partial charge on any atom is -0.494 e. The summed E-state index contributed by atoms with van der Waals surface area (Å²) in [7, 11) is -2.04. The van der Waals surface area contributed by atoms with E-state index in [1.54, 1.807) is 13.2 Å². The smallest absolute Gasteiger partial charge is 0.247 e. The Balaban J connectivity index is 1.81. The van der Waals surface area contributed by atoms with Gasteiger partial charge in [0.1, 0.15) is 16.4 Å². The molecule has 0 N–H and O–H groups in total. The van der Waals surface area contributed by atoms with Crippen molar-refractivity contribution in [3.8, 4) is 5.75 Å². The molecule has 9 heteroatoms. The maximum Gasteiger partial charge on any atom is 0.247 e. The number of hydrogen-bond donors (Lipinski definition) is 0. The van der Waals surface area contributed by atoms with Gasteiger partial charge in [-0.25, -0.2) is 13.4 Å². The number of aromatic nitrogens is 1. The Morgan fingerprint density at radius 1 is 1.21 bits per heavy atom. The highest BCUT2D eigenvalue weighted by molar-refractivity contribution is 9.10. The summed E-state index contributed by atoms with van der Waals surface area (Å²) < 4.78 is 32.3. The first-order chi connectivity index (χ1) is 13.8. The number of sulfonamides is 1. The van der Waals surface area contributed by atoms with Crippen molar-refractivity contribution in [2.45, 2.75) is 12.5 Å². The Bertz CT molecular complexity index is 1230. The van der Waals surface area contributed by atoms with Gasteiger partial charge in [0.05, 0.1) is 25.1 Å². The highest BCUT2D eigenvalue weighted by Crippen LogP contribution is 2.39. The summed E-state index contributed by atoms with van der Waals surface area (Å²) in [5.41, 5.74) is 2.76. The second-order valence-corrected chi connectivity index (χ2v) is 9.82. The van der Waals surface area contributed by atoms with Crippen LogP contribution in [0.3, 0.4) is 0 Å². The summed E-state index contributed by atoms with van der Waals surface area (Å²) in [6.07, 6.45) is 1.53. The molecule has 150 valence electrons. The number of benzene rings is 2. The van der Waals surface area contributed by atoms with Crippen LogP contribution in [-0.2, 0) is 10.0 Å². The Labute approximate surface area is 182 Å². The number of nitrogens with zero attached hydrogens (tertiary/aromatic N) is 3. The second kappa shape index (κ2) is 7.59. The zero-order chi connectivity index (χ0) is 20.8. The highest BCUT2D eigenvalue weighted by atomic mass is 79.9. The van der Waals surface area contributed by atoms with Crippen LogP contribution in [0, 0.1) is 0 Å². The average Bonchev–Trinajstić information content (AvgIpc) is 3.13. The molecule has 4 rings (SSSR count). The van der Waals surface area contributed by atoms with Gasteiger partial charge in [-0.3, -0.25) is 0 Å². The fraction of sp³-hybridized carbons (Fsp3) is 0.200. The van der Waals surface area contributed by atoms with Crippen molar-refractivity contribution in [2.24, 2.45) is 5.10 Å². The zero-order valence-electron chi connectivity index (χ0n) is 15.6. The molecule has 0 aliphatic carbocycles. The molecule has 0 bridgehead atoms. The molecule has 0 radical (unpaired) electrons. The molecule has 1 aromatic heterocycles. The number of halogens is 2. The first-order valence-electron chi connectivity index (χ1n) is 8.74. The van der Waals surface area contributed by atoms with Gasteiger partial charge in [0.15, 0.2) is 0 Å². The summed E-state index contributed by atoms with van der Waals surface area (Å²) >= 11 is 9.91. The molecule has 0 saturated heterocycles. The lowest BCUT2D eigenvalue weighted by molar-refractivity contribution is 0.374. The lowest BCUT2D eigenvalue weighted by Gasteiger charge is -2.22. The molecule has 1 aliphatic rings. The van der Waals surface area contributed by atoms with E-state index >= 15 is 0 Å². The molecule has 0 fully saturated rings. The number of fused-ring (bicyclic) bond motifs is 1. The van der Waals surface area contributed by atoms with E-state index < -0.39 is 16.1 Å².